The summed E-state index contributed by atoms with van der Waals surface area (Å²) in [6.45, 7) is 5.63. The van der Waals surface area contributed by atoms with Crippen molar-refractivity contribution < 1.29 is 0 Å². The number of hydrogen-bond acceptors (Lipinski definition) is 4. The van der Waals surface area contributed by atoms with Crippen molar-refractivity contribution >= 4 is 0 Å². The molecule has 0 unspecified atom stereocenters. The van der Waals surface area contributed by atoms with E-state index in [2.05, 4.69) is 21.8 Å². The van der Waals surface area contributed by atoms with Crippen molar-refractivity contribution in [3.8, 4) is 0 Å². The molecule has 17 heavy (non-hydrogen) atoms. The van der Waals surface area contributed by atoms with Gasteiger partial charge in [-0.1, -0.05) is 6.92 Å². The van der Waals surface area contributed by atoms with Gasteiger partial charge in [0, 0.05) is 31.5 Å². The largest absolute Gasteiger partial charge is 0.330 e. The molecule has 3 N–H and O–H groups in total. The molecule has 2 heterocycles. The summed E-state index contributed by atoms with van der Waals surface area (Å²) in [6, 6.07) is 0. The van der Waals surface area contributed by atoms with E-state index < -0.39 is 0 Å². The molecule has 0 radical (unpaired) electrons. The van der Waals surface area contributed by atoms with Crippen LogP contribution in [0.2, 0.25) is 0 Å². The van der Waals surface area contributed by atoms with Crippen LogP contribution in [0.1, 0.15) is 24.0 Å². The van der Waals surface area contributed by atoms with E-state index in [1.165, 1.54) is 0 Å². The number of aromatic nitrogens is 2. The molecule has 0 bridgehead atoms. The van der Waals surface area contributed by atoms with Crippen molar-refractivity contribution in [1.29, 1.82) is 0 Å². The van der Waals surface area contributed by atoms with Gasteiger partial charge in [0.1, 0.15) is 5.82 Å². The minimum atomic E-state index is 0.0244. The van der Waals surface area contributed by atoms with E-state index in [0.717, 1.165) is 49.6 Å². The van der Waals surface area contributed by atoms with Crippen molar-refractivity contribution in [1.82, 2.24) is 14.9 Å². The third-order valence-corrected chi connectivity index (χ3v) is 3.32. The van der Waals surface area contributed by atoms with Crippen molar-refractivity contribution in [3.63, 3.8) is 0 Å². The Labute approximate surface area is 101 Å². The summed E-state index contributed by atoms with van der Waals surface area (Å²) in [5.41, 5.74) is 7.34. The van der Waals surface area contributed by atoms with E-state index in [-0.39, 0.29) is 5.56 Å². The number of likely N-dealkylation sites (N-methyl/N-ethyl adjacent to an activating group) is 1. The molecule has 0 amide bonds. The van der Waals surface area contributed by atoms with Gasteiger partial charge >= 0.3 is 0 Å². The topological polar surface area (TPSA) is 75.0 Å². The second-order valence-corrected chi connectivity index (χ2v) is 4.41. The Bertz CT molecular complexity index is 441. The minimum Gasteiger partial charge on any atom is -0.330 e. The zero-order valence-electron chi connectivity index (χ0n) is 10.3. The lowest BCUT2D eigenvalue weighted by molar-refractivity contribution is 0.303. The summed E-state index contributed by atoms with van der Waals surface area (Å²) in [5, 5.41) is 0. The van der Waals surface area contributed by atoms with Crippen LogP contribution in [0, 0.1) is 0 Å². The molecular weight excluding hydrogens is 216 g/mol. The predicted octanol–water partition coefficient (Wildman–Crippen LogP) is -0.308. The van der Waals surface area contributed by atoms with Gasteiger partial charge in [-0.2, -0.15) is 0 Å². The van der Waals surface area contributed by atoms with Crippen LogP contribution in [0.3, 0.4) is 0 Å². The van der Waals surface area contributed by atoms with Gasteiger partial charge in [0.05, 0.1) is 5.69 Å². The third-order valence-electron chi connectivity index (χ3n) is 3.32. The standard InChI is InChI=1S/C12H20N4O/c1-2-16-7-4-9-10(5-8-16)14-11(3-6-13)15-12(9)17/h2-8,13H2,1H3,(H,14,15,17). The average Bonchev–Trinajstić information content (AvgIpc) is 2.52. The molecule has 5 heteroatoms. The van der Waals surface area contributed by atoms with Gasteiger partial charge in [0.2, 0.25) is 0 Å². The van der Waals surface area contributed by atoms with Crippen LogP contribution in [-0.2, 0) is 19.3 Å². The maximum Gasteiger partial charge on any atom is 0.254 e. The predicted molar refractivity (Wildman–Crippen MR) is 67.1 cm³/mol. The van der Waals surface area contributed by atoms with Gasteiger partial charge in [0.15, 0.2) is 0 Å². The summed E-state index contributed by atoms with van der Waals surface area (Å²) >= 11 is 0. The first-order valence-corrected chi connectivity index (χ1v) is 6.28. The molecule has 0 fully saturated rings. The average molecular weight is 236 g/mol. The lowest BCUT2D eigenvalue weighted by Gasteiger charge is -2.15. The molecule has 0 saturated heterocycles. The first kappa shape index (κ1) is 12.3. The molecular formula is C12H20N4O. The number of nitrogens with one attached hydrogen (secondary N) is 1. The highest BCUT2D eigenvalue weighted by Gasteiger charge is 2.17. The Hall–Kier alpha value is -1.20. The number of hydrogen-bond donors (Lipinski definition) is 2. The highest BCUT2D eigenvalue weighted by Crippen LogP contribution is 2.10. The highest BCUT2D eigenvalue weighted by molar-refractivity contribution is 5.20. The summed E-state index contributed by atoms with van der Waals surface area (Å²) in [7, 11) is 0. The SMILES string of the molecule is CCN1CCc2nc(CCN)[nH]c(=O)c2CC1. The number of nitrogens with zero attached hydrogens (tertiary/aromatic N) is 2. The second-order valence-electron chi connectivity index (χ2n) is 4.41. The Kier molecular flexibility index (Phi) is 3.91. The fourth-order valence-corrected chi connectivity index (χ4v) is 2.28. The second kappa shape index (κ2) is 5.42. The molecule has 5 nitrogen and oxygen atoms in total. The van der Waals surface area contributed by atoms with E-state index >= 15 is 0 Å². The number of H-pyrrole nitrogens is 1. The van der Waals surface area contributed by atoms with Crippen LogP contribution >= 0.6 is 0 Å². The molecule has 2 rings (SSSR count). The molecule has 1 aromatic rings. The number of fused-ring (bicyclic) bond motifs is 1. The van der Waals surface area contributed by atoms with Crippen molar-refractivity contribution in [2.45, 2.75) is 26.2 Å². The summed E-state index contributed by atoms with van der Waals surface area (Å²) in [5.74, 6) is 0.723. The van der Waals surface area contributed by atoms with Crippen LogP contribution in [0.5, 0.6) is 0 Å². The van der Waals surface area contributed by atoms with Gasteiger partial charge in [0.25, 0.3) is 5.56 Å². The Morgan fingerprint density at radius 2 is 2.18 bits per heavy atom. The monoisotopic (exact) mass is 236 g/mol. The molecule has 0 saturated carbocycles. The Balaban J connectivity index is 2.29. The summed E-state index contributed by atoms with van der Waals surface area (Å²) in [6.07, 6.45) is 2.30. The van der Waals surface area contributed by atoms with Gasteiger partial charge < -0.3 is 15.6 Å². The zero-order chi connectivity index (χ0) is 12.3. The first-order valence-electron chi connectivity index (χ1n) is 6.28. The quantitative estimate of drug-likeness (QED) is 0.755. The van der Waals surface area contributed by atoms with E-state index in [4.69, 9.17) is 5.73 Å². The molecule has 1 aliphatic heterocycles. The zero-order valence-corrected chi connectivity index (χ0v) is 10.3. The lowest BCUT2D eigenvalue weighted by atomic mass is 10.1. The third kappa shape index (κ3) is 2.73. The first-order chi connectivity index (χ1) is 8.24. The maximum atomic E-state index is 12.0. The van der Waals surface area contributed by atoms with Crippen LogP contribution in [-0.4, -0.2) is 41.0 Å². The Morgan fingerprint density at radius 1 is 1.41 bits per heavy atom. The smallest absolute Gasteiger partial charge is 0.254 e. The van der Waals surface area contributed by atoms with Gasteiger partial charge in [-0.25, -0.2) is 4.98 Å². The number of nitrogens with two attached hydrogens (primary N) is 1. The van der Waals surface area contributed by atoms with Gasteiger partial charge in [-0.3, -0.25) is 4.79 Å². The fraction of sp³-hybridized carbons (Fsp3) is 0.667. The molecule has 94 valence electrons. The van der Waals surface area contributed by atoms with E-state index in [1.807, 2.05) is 0 Å². The van der Waals surface area contributed by atoms with E-state index in [0.29, 0.717) is 13.0 Å². The molecule has 1 aliphatic rings. The highest BCUT2D eigenvalue weighted by atomic mass is 16.1. The van der Waals surface area contributed by atoms with Gasteiger partial charge in [-0.15, -0.1) is 0 Å². The number of aromatic amines is 1. The normalized spacial score (nSPS) is 16.6. The van der Waals surface area contributed by atoms with Crippen molar-refractivity contribution in [2.24, 2.45) is 5.73 Å². The van der Waals surface area contributed by atoms with Crippen LogP contribution in [0.25, 0.3) is 0 Å². The van der Waals surface area contributed by atoms with E-state index in [9.17, 15) is 4.79 Å². The molecule has 0 spiro atoms. The lowest BCUT2D eigenvalue weighted by Crippen LogP contribution is -2.26. The van der Waals surface area contributed by atoms with Crippen molar-refractivity contribution in [2.75, 3.05) is 26.2 Å². The molecule has 0 atom stereocenters. The summed E-state index contributed by atoms with van der Waals surface area (Å²) < 4.78 is 0. The molecule has 0 aromatic carbocycles. The maximum absolute atomic E-state index is 12.0. The van der Waals surface area contributed by atoms with E-state index in [1.54, 1.807) is 0 Å². The van der Waals surface area contributed by atoms with Crippen LogP contribution in [0.15, 0.2) is 4.79 Å². The minimum absolute atomic E-state index is 0.0244. The van der Waals surface area contributed by atoms with Crippen molar-refractivity contribution in [3.05, 3.63) is 27.4 Å². The summed E-state index contributed by atoms with van der Waals surface area (Å²) in [4.78, 5) is 21.7. The molecule has 0 aliphatic carbocycles. The molecule has 1 aromatic heterocycles. The Morgan fingerprint density at radius 3 is 2.88 bits per heavy atom. The van der Waals surface area contributed by atoms with Crippen LogP contribution < -0.4 is 11.3 Å². The van der Waals surface area contributed by atoms with Gasteiger partial charge in [-0.05, 0) is 19.5 Å². The fourth-order valence-electron chi connectivity index (χ4n) is 2.28. The van der Waals surface area contributed by atoms with Crippen LogP contribution in [0.4, 0.5) is 0 Å². The number of rotatable bonds is 3.